The molecule has 0 spiro atoms. The van der Waals surface area contributed by atoms with Crippen molar-refractivity contribution in [1.82, 2.24) is 4.98 Å². The van der Waals surface area contributed by atoms with Crippen LogP contribution < -0.4 is 11.5 Å². The molecule has 2 rings (SSSR count). The molecule has 118 valence electrons. The van der Waals surface area contributed by atoms with Crippen molar-refractivity contribution in [1.29, 1.82) is 0 Å². The third-order valence-corrected chi connectivity index (χ3v) is 3.51. The van der Waals surface area contributed by atoms with Gasteiger partial charge in [0.25, 0.3) is 0 Å². The molecular formula is C15H19N3O4. The highest BCUT2D eigenvalue weighted by Crippen LogP contribution is 2.19. The number of aromatic nitrogens is 1. The first-order valence-corrected chi connectivity index (χ1v) is 6.89. The van der Waals surface area contributed by atoms with Crippen LogP contribution in [0.1, 0.15) is 12.5 Å². The Labute approximate surface area is 127 Å². The molecule has 0 radical (unpaired) electrons. The zero-order valence-electron chi connectivity index (χ0n) is 12.2. The van der Waals surface area contributed by atoms with E-state index >= 15 is 0 Å². The van der Waals surface area contributed by atoms with Crippen LogP contribution in [0.25, 0.3) is 10.9 Å². The Morgan fingerprint density at radius 2 is 2.00 bits per heavy atom. The van der Waals surface area contributed by atoms with Crippen LogP contribution in [0, 0.1) is 0 Å². The van der Waals surface area contributed by atoms with Crippen molar-refractivity contribution < 1.29 is 19.4 Å². The standard InChI is InChI=1S/C15H19N3O4/c1-8(13(17)14(19)20)22-15(21)11(16)6-9-7-18-12-5-3-2-4-10(9)12/h2-5,7-8,11,13,18H,6,16-17H2,1H3,(H,19,20)/t8-,11+,13+/m1/s1. The largest absolute Gasteiger partial charge is 0.480 e. The van der Waals surface area contributed by atoms with Gasteiger partial charge in [-0.2, -0.15) is 0 Å². The first-order chi connectivity index (χ1) is 10.4. The Hall–Kier alpha value is -2.38. The number of nitrogens with one attached hydrogen (secondary N) is 1. The zero-order chi connectivity index (χ0) is 16.3. The van der Waals surface area contributed by atoms with Crippen molar-refractivity contribution in [3.8, 4) is 0 Å². The molecule has 1 aromatic heterocycles. The molecule has 1 heterocycles. The molecule has 0 aliphatic rings. The summed E-state index contributed by atoms with van der Waals surface area (Å²) in [7, 11) is 0. The molecular weight excluding hydrogens is 286 g/mol. The van der Waals surface area contributed by atoms with Gasteiger partial charge in [-0.05, 0) is 18.6 Å². The Morgan fingerprint density at radius 1 is 1.32 bits per heavy atom. The predicted molar refractivity (Wildman–Crippen MR) is 81.1 cm³/mol. The number of benzene rings is 1. The van der Waals surface area contributed by atoms with Crippen molar-refractivity contribution in [3.05, 3.63) is 36.0 Å². The smallest absolute Gasteiger partial charge is 0.324 e. The summed E-state index contributed by atoms with van der Waals surface area (Å²) in [5.74, 6) is -1.90. The summed E-state index contributed by atoms with van der Waals surface area (Å²) in [5, 5.41) is 9.77. The molecule has 0 fully saturated rings. The van der Waals surface area contributed by atoms with Gasteiger partial charge in [-0.15, -0.1) is 0 Å². The van der Waals surface area contributed by atoms with Crippen LogP contribution >= 0.6 is 0 Å². The van der Waals surface area contributed by atoms with Gasteiger partial charge < -0.3 is 26.3 Å². The SMILES string of the molecule is C[C@@H](OC(=O)[C@@H](N)Cc1c[nH]c2ccccc12)[C@H](N)C(=O)O. The lowest BCUT2D eigenvalue weighted by molar-refractivity contribution is -0.154. The molecule has 7 heteroatoms. The van der Waals surface area contributed by atoms with E-state index < -0.39 is 30.1 Å². The van der Waals surface area contributed by atoms with E-state index in [1.54, 1.807) is 6.20 Å². The van der Waals surface area contributed by atoms with Gasteiger partial charge >= 0.3 is 11.9 Å². The summed E-state index contributed by atoms with van der Waals surface area (Å²) >= 11 is 0. The number of carboxylic acid groups (broad SMARTS) is 1. The third kappa shape index (κ3) is 3.44. The number of H-pyrrole nitrogens is 1. The van der Waals surface area contributed by atoms with Crippen LogP contribution in [0.5, 0.6) is 0 Å². The monoisotopic (exact) mass is 305 g/mol. The quantitative estimate of drug-likeness (QED) is 0.571. The van der Waals surface area contributed by atoms with Gasteiger partial charge in [-0.25, -0.2) is 0 Å². The number of nitrogens with two attached hydrogens (primary N) is 2. The number of ether oxygens (including phenoxy) is 1. The third-order valence-electron chi connectivity index (χ3n) is 3.51. The fourth-order valence-corrected chi connectivity index (χ4v) is 2.17. The molecule has 0 amide bonds. The summed E-state index contributed by atoms with van der Waals surface area (Å²) in [4.78, 5) is 25.8. The summed E-state index contributed by atoms with van der Waals surface area (Å²) < 4.78 is 5.02. The number of hydrogen-bond donors (Lipinski definition) is 4. The highest BCUT2D eigenvalue weighted by Gasteiger charge is 2.26. The Kier molecular flexibility index (Phi) is 4.79. The van der Waals surface area contributed by atoms with Crippen molar-refractivity contribution in [2.24, 2.45) is 11.5 Å². The maximum atomic E-state index is 11.9. The lowest BCUT2D eigenvalue weighted by Crippen LogP contribution is -2.45. The molecule has 3 atom stereocenters. The number of rotatable bonds is 6. The van der Waals surface area contributed by atoms with Crippen molar-refractivity contribution >= 4 is 22.8 Å². The van der Waals surface area contributed by atoms with E-state index in [4.69, 9.17) is 21.3 Å². The average molecular weight is 305 g/mol. The Balaban J connectivity index is 2.01. The number of aliphatic carboxylic acids is 1. The van der Waals surface area contributed by atoms with Crippen molar-refractivity contribution in [3.63, 3.8) is 0 Å². The average Bonchev–Trinajstić information content (AvgIpc) is 2.89. The number of aromatic amines is 1. The van der Waals surface area contributed by atoms with Crippen LogP contribution in [0.2, 0.25) is 0 Å². The predicted octanol–water partition coefficient (Wildman–Crippen LogP) is 0.381. The molecule has 0 bridgehead atoms. The van der Waals surface area contributed by atoms with E-state index in [2.05, 4.69) is 4.98 Å². The zero-order valence-corrected chi connectivity index (χ0v) is 12.2. The second-order valence-corrected chi connectivity index (χ2v) is 5.18. The van der Waals surface area contributed by atoms with E-state index in [0.29, 0.717) is 0 Å². The van der Waals surface area contributed by atoms with Gasteiger partial charge in [0.1, 0.15) is 18.2 Å². The number of para-hydroxylation sites is 1. The van der Waals surface area contributed by atoms with Gasteiger partial charge in [0.2, 0.25) is 0 Å². The minimum atomic E-state index is -1.27. The highest BCUT2D eigenvalue weighted by molar-refractivity contribution is 5.84. The maximum Gasteiger partial charge on any atom is 0.324 e. The van der Waals surface area contributed by atoms with Crippen LogP contribution in [0.3, 0.4) is 0 Å². The van der Waals surface area contributed by atoms with Crippen molar-refractivity contribution in [2.45, 2.75) is 31.5 Å². The summed E-state index contributed by atoms with van der Waals surface area (Å²) in [6.45, 7) is 1.43. The molecule has 0 aliphatic heterocycles. The molecule has 7 nitrogen and oxygen atoms in total. The lowest BCUT2D eigenvalue weighted by Gasteiger charge is -2.19. The molecule has 0 unspecified atom stereocenters. The maximum absolute atomic E-state index is 11.9. The van der Waals surface area contributed by atoms with Crippen LogP contribution in [-0.2, 0) is 20.7 Å². The fourth-order valence-electron chi connectivity index (χ4n) is 2.17. The Bertz CT molecular complexity index is 682. The van der Waals surface area contributed by atoms with Crippen LogP contribution in [0.15, 0.2) is 30.5 Å². The molecule has 1 aromatic carbocycles. The van der Waals surface area contributed by atoms with Gasteiger partial charge in [-0.3, -0.25) is 9.59 Å². The lowest BCUT2D eigenvalue weighted by atomic mass is 10.1. The van der Waals surface area contributed by atoms with E-state index in [9.17, 15) is 9.59 Å². The van der Waals surface area contributed by atoms with E-state index in [1.165, 1.54) is 6.92 Å². The Morgan fingerprint density at radius 3 is 2.68 bits per heavy atom. The van der Waals surface area contributed by atoms with Gasteiger partial charge in [-0.1, -0.05) is 18.2 Å². The minimum Gasteiger partial charge on any atom is -0.480 e. The van der Waals surface area contributed by atoms with Crippen LogP contribution in [-0.4, -0.2) is 40.2 Å². The second-order valence-electron chi connectivity index (χ2n) is 5.18. The van der Waals surface area contributed by atoms with Gasteiger partial charge in [0, 0.05) is 23.5 Å². The summed E-state index contributed by atoms with van der Waals surface area (Å²) in [6, 6.07) is 5.51. The van der Waals surface area contributed by atoms with E-state index in [1.807, 2.05) is 24.3 Å². The highest BCUT2D eigenvalue weighted by atomic mass is 16.5. The number of hydrogen-bond acceptors (Lipinski definition) is 5. The molecule has 6 N–H and O–H groups in total. The molecule has 0 saturated heterocycles. The van der Waals surface area contributed by atoms with Crippen molar-refractivity contribution in [2.75, 3.05) is 0 Å². The normalized spacial score (nSPS) is 15.2. The number of fused-ring (bicyclic) bond motifs is 1. The summed E-state index contributed by atoms with van der Waals surface area (Å²) in [6.07, 6.45) is 1.14. The first kappa shape index (κ1) is 16.0. The molecule has 2 aromatic rings. The molecule has 0 saturated carbocycles. The first-order valence-electron chi connectivity index (χ1n) is 6.89. The topological polar surface area (TPSA) is 131 Å². The number of carbonyl (C=O) groups is 2. The number of carbonyl (C=O) groups excluding carboxylic acids is 1. The molecule has 22 heavy (non-hydrogen) atoms. The number of esters is 1. The number of carboxylic acids is 1. The van der Waals surface area contributed by atoms with Gasteiger partial charge in [0.15, 0.2) is 0 Å². The second kappa shape index (κ2) is 6.59. The van der Waals surface area contributed by atoms with Crippen LogP contribution in [0.4, 0.5) is 0 Å². The van der Waals surface area contributed by atoms with E-state index in [0.717, 1.165) is 16.5 Å². The fraction of sp³-hybridized carbons (Fsp3) is 0.333. The molecule has 0 aliphatic carbocycles. The van der Waals surface area contributed by atoms with E-state index in [-0.39, 0.29) is 6.42 Å². The minimum absolute atomic E-state index is 0.290. The van der Waals surface area contributed by atoms with Gasteiger partial charge in [0.05, 0.1) is 0 Å². The summed E-state index contributed by atoms with van der Waals surface area (Å²) in [5.41, 5.74) is 13.1.